The predicted octanol–water partition coefficient (Wildman–Crippen LogP) is 3.29. The molecule has 0 aliphatic carbocycles. The molecule has 0 saturated carbocycles. The van der Waals surface area contributed by atoms with Gasteiger partial charge in [0.15, 0.2) is 9.84 Å². The summed E-state index contributed by atoms with van der Waals surface area (Å²) in [4.78, 5) is 0.405. The van der Waals surface area contributed by atoms with Gasteiger partial charge in [-0.15, -0.1) is 0 Å². The third-order valence-corrected chi connectivity index (χ3v) is 5.62. The summed E-state index contributed by atoms with van der Waals surface area (Å²) in [7, 11) is -1.67. The number of ether oxygens (including phenoxy) is 1. The normalized spacial score (nSPS) is 19.0. The number of hydrogen-bond acceptors (Lipinski definition) is 4. The van der Waals surface area contributed by atoms with Crippen molar-refractivity contribution >= 4 is 27.1 Å². The van der Waals surface area contributed by atoms with Crippen molar-refractivity contribution in [3.05, 3.63) is 53.1 Å². The van der Waals surface area contributed by atoms with Crippen LogP contribution in [0.4, 0.5) is 5.69 Å². The first-order chi connectivity index (χ1) is 10.0. The number of hydrogen-bond donors (Lipinski definition) is 1. The third kappa shape index (κ3) is 2.59. The number of methoxy groups -OCH3 is 1. The summed E-state index contributed by atoms with van der Waals surface area (Å²) in [6.45, 7) is 0. The van der Waals surface area contributed by atoms with Gasteiger partial charge < -0.3 is 10.1 Å². The molecule has 21 heavy (non-hydrogen) atoms. The maximum absolute atomic E-state index is 12.1. The molecule has 0 saturated heterocycles. The molecule has 0 fully saturated rings. The molecule has 0 amide bonds. The molecule has 2 aromatic carbocycles. The molecule has 1 heterocycles. The highest BCUT2D eigenvalue weighted by Gasteiger charge is 2.34. The average Bonchev–Trinajstić information content (AvgIpc) is 2.71. The van der Waals surface area contributed by atoms with Crippen LogP contribution in [-0.4, -0.2) is 21.3 Å². The number of halogens is 1. The largest absolute Gasteiger partial charge is 0.495 e. The maximum atomic E-state index is 12.1. The summed E-state index contributed by atoms with van der Waals surface area (Å²) in [6, 6.07) is 12.1. The van der Waals surface area contributed by atoms with E-state index in [1.807, 2.05) is 18.2 Å². The molecule has 110 valence electrons. The monoisotopic (exact) mass is 323 g/mol. The van der Waals surface area contributed by atoms with Crippen LogP contribution >= 0.6 is 11.6 Å². The minimum Gasteiger partial charge on any atom is -0.495 e. The lowest BCUT2D eigenvalue weighted by atomic mass is 10.1. The van der Waals surface area contributed by atoms with Gasteiger partial charge in [-0.1, -0.05) is 29.8 Å². The van der Waals surface area contributed by atoms with Gasteiger partial charge in [0.2, 0.25) is 0 Å². The molecule has 0 aromatic heterocycles. The molecule has 2 aromatic rings. The quantitative estimate of drug-likeness (QED) is 0.941. The maximum Gasteiger partial charge on any atom is 0.181 e. The fourth-order valence-electron chi connectivity index (χ4n) is 2.53. The summed E-state index contributed by atoms with van der Waals surface area (Å²) < 4.78 is 29.4. The van der Waals surface area contributed by atoms with E-state index in [4.69, 9.17) is 16.3 Å². The first-order valence-electron chi connectivity index (χ1n) is 6.43. The lowest BCUT2D eigenvalue weighted by Gasteiger charge is -2.15. The SMILES string of the molecule is COc1ccc(NC2CS(=O)(=O)c3ccccc32)cc1Cl. The molecule has 0 radical (unpaired) electrons. The zero-order valence-electron chi connectivity index (χ0n) is 11.3. The van der Waals surface area contributed by atoms with E-state index < -0.39 is 9.84 Å². The summed E-state index contributed by atoms with van der Waals surface area (Å²) in [6.07, 6.45) is 0. The Hall–Kier alpha value is -1.72. The van der Waals surface area contributed by atoms with E-state index in [9.17, 15) is 8.42 Å². The Morgan fingerprint density at radius 3 is 2.71 bits per heavy atom. The molecule has 1 aliphatic heterocycles. The standard InChI is InChI=1S/C15H14ClNO3S/c1-20-14-7-6-10(8-12(14)16)17-13-9-21(18,19)15-5-3-2-4-11(13)15/h2-8,13,17H,9H2,1H3. The van der Waals surface area contributed by atoms with Gasteiger partial charge in [-0.25, -0.2) is 8.42 Å². The van der Waals surface area contributed by atoms with E-state index in [1.54, 1.807) is 31.4 Å². The topological polar surface area (TPSA) is 55.4 Å². The minimum atomic E-state index is -3.22. The van der Waals surface area contributed by atoms with Gasteiger partial charge in [0.25, 0.3) is 0 Å². The van der Waals surface area contributed by atoms with Crippen molar-refractivity contribution in [3.63, 3.8) is 0 Å². The number of nitrogens with one attached hydrogen (secondary N) is 1. The molecular formula is C15H14ClNO3S. The van der Waals surface area contributed by atoms with Gasteiger partial charge in [0.1, 0.15) is 5.75 Å². The summed E-state index contributed by atoms with van der Waals surface area (Å²) in [5.41, 5.74) is 1.56. The van der Waals surface area contributed by atoms with Crippen LogP contribution in [0.3, 0.4) is 0 Å². The molecule has 0 spiro atoms. The van der Waals surface area contributed by atoms with E-state index in [1.165, 1.54) is 0 Å². The van der Waals surface area contributed by atoms with Crippen LogP contribution in [-0.2, 0) is 9.84 Å². The number of rotatable bonds is 3. The molecule has 0 bridgehead atoms. The second-order valence-electron chi connectivity index (χ2n) is 4.87. The van der Waals surface area contributed by atoms with Crippen LogP contribution in [0.5, 0.6) is 5.75 Å². The first kappa shape index (κ1) is 14.2. The van der Waals surface area contributed by atoms with Crippen molar-refractivity contribution in [2.75, 3.05) is 18.2 Å². The molecule has 1 atom stereocenters. The molecule has 4 nitrogen and oxygen atoms in total. The zero-order valence-corrected chi connectivity index (χ0v) is 12.9. The Balaban J connectivity index is 1.92. The highest BCUT2D eigenvalue weighted by molar-refractivity contribution is 7.91. The Morgan fingerprint density at radius 1 is 1.24 bits per heavy atom. The smallest absolute Gasteiger partial charge is 0.181 e. The molecule has 3 rings (SSSR count). The Bertz CT molecular complexity index is 789. The first-order valence-corrected chi connectivity index (χ1v) is 8.46. The second-order valence-corrected chi connectivity index (χ2v) is 7.28. The Morgan fingerprint density at radius 2 is 2.00 bits per heavy atom. The van der Waals surface area contributed by atoms with Crippen LogP contribution < -0.4 is 10.1 Å². The molecular weight excluding hydrogens is 310 g/mol. The molecule has 1 N–H and O–H groups in total. The lowest BCUT2D eigenvalue weighted by molar-refractivity contribution is 0.415. The molecule has 6 heteroatoms. The van der Waals surface area contributed by atoms with Crippen LogP contribution in [0.2, 0.25) is 5.02 Å². The average molecular weight is 324 g/mol. The fourth-order valence-corrected chi connectivity index (χ4v) is 4.52. The van der Waals surface area contributed by atoms with Gasteiger partial charge in [-0.2, -0.15) is 0 Å². The van der Waals surface area contributed by atoms with Crippen molar-refractivity contribution in [1.82, 2.24) is 0 Å². The van der Waals surface area contributed by atoms with Crippen LogP contribution in [0, 0.1) is 0 Å². The highest BCUT2D eigenvalue weighted by atomic mass is 35.5. The highest BCUT2D eigenvalue weighted by Crippen LogP contribution is 2.36. The summed E-state index contributed by atoms with van der Waals surface area (Å²) in [5, 5.41) is 3.71. The zero-order chi connectivity index (χ0) is 15.0. The van der Waals surface area contributed by atoms with Crippen molar-refractivity contribution in [2.24, 2.45) is 0 Å². The van der Waals surface area contributed by atoms with Gasteiger partial charge in [-0.05, 0) is 29.8 Å². The van der Waals surface area contributed by atoms with Gasteiger partial charge in [0.05, 0.1) is 28.8 Å². The Kier molecular flexibility index (Phi) is 3.55. The molecule has 1 aliphatic rings. The summed E-state index contributed by atoms with van der Waals surface area (Å²) in [5.74, 6) is 0.636. The van der Waals surface area contributed by atoms with Crippen molar-refractivity contribution in [3.8, 4) is 5.75 Å². The summed E-state index contributed by atoms with van der Waals surface area (Å²) >= 11 is 6.09. The minimum absolute atomic E-state index is 0.0516. The Labute approximate surface area is 128 Å². The predicted molar refractivity (Wildman–Crippen MR) is 82.9 cm³/mol. The van der Waals surface area contributed by atoms with Gasteiger partial charge in [-0.3, -0.25) is 0 Å². The van der Waals surface area contributed by atoms with Crippen molar-refractivity contribution in [2.45, 2.75) is 10.9 Å². The number of benzene rings is 2. The van der Waals surface area contributed by atoms with E-state index in [0.29, 0.717) is 15.7 Å². The molecule has 1 unspecified atom stereocenters. The third-order valence-electron chi connectivity index (χ3n) is 3.51. The van der Waals surface area contributed by atoms with Crippen molar-refractivity contribution in [1.29, 1.82) is 0 Å². The fraction of sp³-hybridized carbons (Fsp3) is 0.200. The van der Waals surface area contributed by atoms with E-state index in [-0.39, 0.29) is 11.8 Å². The van der Waals surface area contributed by atoms with Crippen LogP contribution in [0.15, 0.2) is 47.4 Å². The number of fused-ring (bicyclic) bond motifs is 1. The van der Waals surface area contributed by atoms with Crippen LogP contribution in [0.25, 0.3) is 0 Å². The van der Waals surface area contributed by atoms with Crippen LogP contribution in [0.1, 0.15) is 11.6 Å². The van der Waals surface area contributed by atoms with E-state index in [2.05, 4.69) is 5.32 Å². The second kappa shape index (κ2) is 5.24. The van der Waals surface area contributed by atoms with Crippen molar-refractivity contribution < 1.29 is 13.2 Å². The lowest BCUT2D eigenvalue weighted by Crippen LogP contribution is -2.12. The van der Waals surface area contributed by atoms with E-state index >= 15 is 0 Å². The van der Waals surface area contributed by atoms with E-state index in [0.717, 1.165) is 11.3 Å². The number of anilines is 1. The van der Waals surface area contributed by atoms with Gasteiger partial charge in [0, 0.05) is 5.69 Å². The number of sulfone groups is 1. The van der Waals surface area contributed by atoms with Gasteiger partial charge >= 0.3 is 0 Å².